The molecule has 0 N–H and O–H groups in total. The van der Waals surface area contributed by atoms with Gasteiger partial charge >= 0.3 is 5.97 Å². The van der Waals surface area contributed by atoms with E-state index < -0.39 is 18.6 Å². The second-order valence-corrected chi connectivity index (χ2v) is 11.1. The van der Waals surface area contributed by atoms with Crippen LogP contribution in [0.25, 0.3) is 0 Å². The van der Waals surface area contributed by atoms with Gasteiger partial charge in [-0.15, -0.1) is 0 Å². The molecule has 2 amide bonds. The topological polar surface area (TPSA) is 93.2 Å². The van der Waals surface area contributed by atoms with Crippen LogP contribution in [-0.4, -0.2) is 60.3 Å². The maximum absolute atomic E-state index is 13.7. The van der Waals surface area contributed by atoms with Gasteiger partial charge in [-0.3, -0.25) is 19.3 Å². The number of benzene rings is 2. The molecule has 1 heterocycles. The Morgan fingerprint density at radius 3 is 2.08 bits per heavy atom. The summed E-state index contributed by atoms with van der Waals surface area (Å²) in [6, 6.07) is 13.2. The third-order valence-electron chi connectivity index (χ3n) is 8.56. The van der Waals surface area contributed by atoms with Crippen LogP contribution >= 0.6 is 0 Å². The highest BCUT2D eigenvalue weighted by Crippen LogP contribution is 2.36. The maximum atomic E-state index is 13.7. The first-order valence-electron chi connectivity index (χ1n) is 14.5. The van der Waals surface area contributed by atoms with Crippen LogP contribution in [0.3, 0.4) is 0 Å². The molecule has 212 valence electrons. The monoisotopic (exact) mass is 546 g/mol. The molecule has 3 fully saturated rings. The maximum Gasteiger partial charge on any atom is 0.338 e. The van der Waals surface area contributed by atoms with Crippen LogP contribution in [-0.2, 0) is 14.3 Å². The van der Waals surface area contributed by atoms with Gasteiger partial charge in [0.2, 0.25) is 5.91 Å². The molecule has 1 unspecified atom stereocenters. The first-order valence-corrected chi connectivity index (χ1v) is 14.5. The van der Waals surface area contributed by atoms with E-state index >= 15 is 0 Å². The predicted molar refractivity (Wildman–Crippen MR) is 151 cm³/mol. The molecule has 0 radical (unpaired) electrons. The number of hydrogen-bond donors (Lipinski definition) is 0. The third kappa shape index (κ3) is 6.12. The fraction of sp³-hybridized carbons (Fsp3) is 0.500. The van der Waals surface area contributed by atoms with Crippen molar-refractivity contribution in [2.45, 2.75) is 88.8 Å². The van der Waals surface area contributed by atoms with Crippen LogP contribution in [0.15, 0.2) is 48.5 Å². The minimum atomic E-state index is -0.652. The molecule has 5 rings (SSSR count). The van der Waals surface area contributed by atoms with E-state index in [0.717, 1.165) is 25.7 Å². The largest absolute Gasteiger partial charge is 0.497 e. The van der Waals surface area contributed by atoms with E-state index in [1.807, 2.05) is 0 Å². The zero-order chi connectivity index (χ0) is 28.1. The number of amides is 2. The second kappa shape index (κ2) is 12.8. The fourth-order valence-electron chi connectivity index (χ4n) is 6.53. The molecule has 2 aliphatic carbocycles. The molecular weight excluding hydrogens is 508 g/mol. The minimum Gasteiger partial charge on any atom is -0.497 e. The highest BCUT2D eigenvalue weighted by Gasteiger charge is 2.47. The molecular formula is C32H38N2O6. The lowest BCUT2D eigenvalue weighted by Crippen LogP contribution is -2.53. The van der Waals surface area contributed by atoms with Crippen LogP contribution in [0.4, 0.5) is 5.69 Å². The van der Waals surface area contributed by atoms with Gasteiger partial charge in [-0.05, 0) is 62.1 Å². The summed E-state index contributed by atoms with van der Waals surface area (Å²) in [4.78, 5) is 55.7. The number of carbonyl (C=O) groups is 4. The van der Waals surface area contributed by atoms with Crippen LogP contribution in [0.2, 0.25) is 0 Å². The summed E-state index contributed by atoms with van der Waals surface area (Å²) >= 11 is 0. The van der Waals surface area contributed by atoms with E-state index in [2.05, 4.69) is 4.90 Å². The van der Waals surface area contributed by atoms with Gasteiger partial charge in [0, 0.05) is 17.6 Å². The van der Waals surface area contributed by atoms with Crippen LogP contribution in [0, 0.1) is 0 Å². The molecule has 1 atom stereocenters. The van der Waals surface area contributed by atoms with Gasteiger partial charge in [0.1, 0.15) is 5.75 Å². The highest BCUT2D eigenvalue weighted by molar-refractivity contribution is 6.22. The lowest BCUT2D eigenvalue weighted by molar-refractivity contribution is -0.124. The number of anilines is 1. The van der Waals surface area contributed by atoms with Crippen molar-refractivity contribution in [2.75, 3.05) is 18.6 Å². The van der Waals surface area contributed by atoms with Gasteiger partial charge in [0.15, 0.2) is 12.4 Å². The van der Waals surface area contributed by atoms with E-state index in [0.29, 0.717) is 29.1 Å². The quantitative estimate of drug-likeness (QED) is 0.238. The molecule has 8 heteroatoms. The molecule has 1 saturated heterocycles. The Morgan fingerprint density at radius 2 is 1.48 bits per heavy atom. The molecule has 2 aromatic rings. The van der Waals surface area contributed by atoms with Gasteiger partial charge in [-0.2, -0.15) is 0 Å². The summed E-state index contributed by atoms with van der Waals surface area (Å²) in [5.74, 6) is -0.822. The lowest BCUT2D eigenvalue weighted by Gasteiger charge is -2.44. The van der Waals surface area contributed by atoms with Gasteiger partial charge < -0.3 is 9.47 Å². The summed E-state index contributed by atoms with van der Waals surface area (Å²) in [5, 5.41) is 0. The Hall–Kier alpha value is -3.52. The van der Waals surface area contributed by atoms with Gasteiger partial charge in [-0.1, -0.05) is 50.7 Å². The average Bonchev–Trinajstić information content (AvgIpc) is 3.29. The first-order chi connectivity index (χ1) is 19.5. The smallest absolute Gasteiger partial charge is 0.338 e. The van der Waals surface area contributed by atoms with Crippen LogP contribution in [0.5, 0.6) is 5.75 Å². The summed E-state index contributed by atoms with van der Waals surface area (Å²) in [6.45, 7) is -0.406. The molecule has 0 bridgehead atoms. The summed E-state index contributed by atoms with van der Waals surface area (Å²) in [5.41, 5.74) is 1.08. The fourth-order valence-corrected chi connectivity index (χ4v) is 6.53. The van der Waals surface area contributed by atoms with Crippen LogP contribution in [0.1, 0.15) is 91.3 Å². The summed E-state index contributed by atoms with van der Waals surface area (Å²) in [7, 11) is 1.51. The number of imide groups is 1. The molecule has 2 saturated carbocycles. The lowest BCUT2D eigenvalue weighted by atomic mass is 9.87. The molecule has 40 heavy (non-hydrogen) atoms. The van der Waals surface area contributed by atoms with Crippen molar-refractivity contribution in [3.8, 4) is 5.75 Å². The number of ether oxygens (including phenoxy) is 2. The Morgan fingerprint density at radius 1 is 0.850 bits per heavy atom. The van der Waals surface area contributed by atoms with E-state index in [1.165, 1.54) is 62.7 Å². The second-order valence-electron chi connectivity index (χ2n) is 11.1. The average molecular weight is 547 g/mol. The van der Waals surface area contributed by atoms with E-state index in [4.69, 9.17) is 9.47 Å². The normalized spacial score (nSPS) is 20.6. The predicted octanol–water partition coefficient (Wildman–Crippen LogP) is 5.33. The SMILES string of the molecule is COc1cccc(C(=O)COC(=O)c2ccc(N3C(=O)CC(N(C4CCCCC4)C4CCCCC4)C3=O)cc2)c1. The molecule has 0 spiro atoms. The van der Waals surface area contributed by atoms with E-state index in [1.54, 1.807) is 36.4 Å². The number of hydrogen-bond acceptors (Lipinski definition) is 7. The zero-order valence-corrected chi connectivity index (χ0v) is 23.2. The van der Waals surface area contributed by atoms with E-state index in [-0.39, 0.29) is 29.6 Å². The highest BCUT2D eigenvalue weighted by atomic mass is 16.5. The van der Waals surface area contributed by atoms with Crippen molar-refractivity contribution >= 4 is 29.3 Å². The van der Waals surface area contributed by atoms with Crippen molar-refractivity contribution in [1.82, 2.24) is 4.90 Å². The number of methoxy groups -OCH3 is 1. The zero-order valence-electron chi connectivity index (χ0n) is 23.2. The Labute approximate surface area is 235 Å². The minimum absolute atomic E-state index is 0.166. The van der Waals surface area contributed by atoms with Crippen LogP contribution < -0.4 is 9.64 Å². The standard InChI is InChI=1S/C32H38N2O6/c1-39-27-14-8-9-23(19-27)29(35)21-40-32(38)22-15-17-26(18-16-22)34-30(36)20-28(31(34)37)33(24-10-4-2-5-11-24)25-12-6-3-7-13-25/h8-9,14-19,24-25,28H,2-7,10-13,20-21H2,1H3. The molecule has 8 nitrogen and oxygen atoms in total. The summed E-state index contributed by atoms with van der Waals surface area (Å²) in [6.07, 6.45) is 11.7. The Balaban J connectivity index is 1.25. The van der Waals surface area contributed by atoms with Gasteiger partial charge in [0.05, 0.1) is 30.8 Å². The van der Waals surface area contributed by atoms with Gasteiger partial charge in [0.25, 0.3) is 5.91 Å². The number of nitrogens with zero attached hydrogens (tertiary/aromatic N) is 2. The molecule has 0 aromatic heterocycles. The number of Topliss-reactive ketones (excluding diaryl/α,β-unsaturated/α-hetero) is 1. The Kier molecular flexibility index (Phi) is 8.94. The summed E-state index contributed by atoms with van der Waals surface area (Å²) < 4.78 is 10.4. The van der Waals surface area contributed by atoms with Crippen molar-refractivity contribution in [1.29, 1.82) is 0 Å². The molecule has 2 aromatic carbocycles. The van der Waals surface area contributed by atoms with Crippen molar-refractivity contribution in [3.63, 3.8) is 0 Å². The molecule has 3 aliphatic rings. The number of esters is 1. The van der Waals surface area contributed by atoms with Crippen molar-refractivity contribution < 1.29 is 28.7 Å². The van der Waals surface area contributed by atoms with Crippen molar-refractivity contribution in [3.05, 3.63) is 59.7 Å². The third-order valence-corrected chi connectivity index (χ3v) is 8.56. The first kappa shape index (κ1) is 28.0. The number of rotatable bonds is 9. The Bertz CT molecular complexity index is 1210. The number of ketones is 1. The van der Waals surface area contributed by atoms with Crippen molar-refractivity contribution in [2.24, 2.45) is 0 Å². The molecule has 1 aliphatic heterocycles. The van der Waals surface area contributed by atoms with E-state index in [9.17, 15) is 19.2 Å². The van der Waals surface area contributed by atoms with Gasteiger partial charge in [-0.25, -0.2) is 9.69 Å². The number of carbonyl (C=O) groups excluding carboxylic acids is 4.